The molecule has 1 aromatic heterocycles. The topological polar surface area (TPSA) is 39.1 Å². The van der Waals surface area contributed by atoms with E-state index in [2.05, 4.69) is 34.1 Å². The minimum absolute atomic E-state index is 0.720. The van der Waals surface area contributed by atoms with Crippen molar-refractivity contribution in [3.8, 4) is 11.3 Å². The maximum absolute atomic E-state index is 5.18. The zero-order chi connectivity index (χ0) is 13.1. The minimum Gasteiger partial charge on any atom is -0.384 e. The first-order valence-electron chi connectivity index (χ1n) is 6.73. The minimum atomic E-state index is 0.720. The molecule has 1 aromatic carbocycles. The number of fused-ring (bicyclic) bond motifs is 1. The molecule has 0 bridgehead atoms. The van der Waals surface area contributed by atoms with E-state index in [1.165, 1.54) is 11.3 Å². The Labute approximate surface area is 113 Å². The summed E-state index contributed by atoms with van der Waals surface area (Å²) in [6.07, 6.45) is 0.871. The van der Waals surface area contributed by atoms with E-state index in [1.807, 2.05) is 6.07 Å². The Hall–Kier alpha value is -1.65. The van der Waals surface area contributed by atoms with Crippen LogP contribution in [0.15, 0.2) is 30.3 Å². The zero-order valence-electron chi connectivity index (χ0n) is 11.2. The Kier molecular flexibility index (Phi) is 3.62. The van der Waals surface area contributed by atoms with Crippen LogP contribution in [0.5, 0.6) is 0 Å². The standard InChI is InChI=1S/C15H19N3O/c1-19-10-7-14-17-15(12-5-3-2-4-6-12)13-11-16-8-9-18(13)14/h2-6,16H,7-11H2,1H3. The van der Waals surface area contributed by atoms with E-state index in [1.54, 1.807) is 7.11 Å². The van der Waals surface area contributed by atoms with Gasteiger partial charge in [-0.3, -0.25) is 0 Å². The molecule has 0 unspecified atom stereocenters. The highest BCUT2D eigenvalue weighted by Gasteiger charge is 2.20. The van der Waals surface area contributed by atoms with Crippen LogP contribution in [0.1, 0.15) is 11.5 Å². The first kappa shape index (κ1) is 12.4. The number of hydrogen-bond acceptors (Lipinski definition) is 3. The molecule has 4 heteroatoms. The van der Waals surface area contributed by atoms with E-state index < -0.39 is 0 Å². The SMILES string of the molecule is COCCc1nc(-c2ccccc2)c2n1CCNC2. The summed E-state index contributed by atoms with van der Waals surface area (Å²) in [7, 11) is 1.74. The van der Waals surface area contributed by atoms with Gasteiger partial charge < -0.3 is 14.6 Å². The lowest BCUT2D eigenvalue weighted by Gasteiger charge is -2.18. The molecule has 0 fully saturated rings. The van der Waals surface area contributed by atoms with Crippen LogP contribution in [-0.2, 0) is 24.2 Å². The lowest BCUT2D eigenvalue weighted by Crippen LogP contribution is -2.29. The molecule has 4 nitrogen and oxygen atoms in total. The third-order valence-electron chi connectivity index (χ3n) is 3.53. The van der Waals surface area contributed by atoms with Crippen molar-refractivity contribution in [1.82, 2.24) is 14.9 Å². The van der Waals surface area contributed by atoms with Crippen molar-refractivity contribution < 1.29 is 4.74 Å². The number of rotatable bonds is 4. The van der Waals surface area contributed by atoms with Crippen LogP contribution in [0.3, 0.4) is 0 Å². The van der Waals surface area contributed by atoms with Gasteiger partial charge in [0.15, 0.2) is 0 Å². The highest BCUT2D eigenvalue weighted by molar-refractivity contribution is 5.62. The van der Waals surface area contributed by atoms with Crippen molar-refractivity contribution in [2.24, 2.45) is 0 Å². The van der Waals surface area contributed by atoms with E-state index in [9.17, 15) is 0 Å². The molecule has 1 aliphatic rings. The molecule has 0 spiro atoms. The number of aromatic nitrogens is 2. The van der Waals surface area contributed by atoms with Crippen molar-refractivity contribution >= 4 is 0 Å². The summed E-state index contributed by atoms with van der Waals surface area (Å²) in [5.74, 6) is 1.14. The molecular weight excluding hydrogens is 238 g/mol. The summed E-state index contributed by atoms with van der Waals surface area (Å²) in [6.45, 7) is 3.62. The van der Waals surface area contributed by atoms with Crippen molar-refractivity contribution in [3.63, 3.8) is 0 Å². The molecule has 0 aliphatic carbocycles. The van der Waals surface area contributed by atoms with E-state index in [4.69, 9.17) is 9.72 Å². The maximum Gasteiger partial charge on any atom is 0.112 e. The molecule has 0 saturated carbocycles. The van der Waals surface area contributed by atoms with Gasteiger partial charge in [0.2, 0.25) is 0 Å². The van der Waals surface area contributed by atoms with Crippen LogP contribution < -0.4 is 5.32 Å². The third kappa shape index (κ3) is 2.41. The molecule has 1 aliphatic heterocycles. The van der Waals surface area contributed by atoms with Crippen molar-refractivity contribution in [2.75, 3.05) is 20.3 Å². The largest absolute Gasteiger partial charge is 0.384 e. The number of methoxy groups -OCH3 is 1. The molecule has 2 aromatic rings. The van der Waals surface area contributed by atoms with Gasteiger partial charge in [0.25, 0.3) is 0 Å². The molecule has 0 amide bonds. The zero-order valence-corrected chi connectivity index (χ0v) is 11.2. The van der Waals surface area contributed by atoms with Gasteiger partial charge in [-0.2, -0.15) is 0 Å². The van der Waals surface area contributed by atoms with Crippen LogP contribution in [-0.4, -0.2) is 29.8 Å². The van der Waals surface area contributed by atoms with Crippen molar-refractivity contribution in [3.05, 3.63) is 41.9 Å². The fourth-order valence-electron chi connectivity index (χ4n) is 2.59. The predicted octanol–water partition coefficient (Wildman–Crippen LogP) is 1.84. The summed E-state index contributed by atoms with van der Waals surface area (Å²) in [5, 5.41) is 3.43. The van der Waals surface area contributed by atoms with Crippen LogP contribution in [0.25, 0.3) is 11.3 Å². The summed E-state index contributed by atoms with van der Waals surface area (Å²) >= 11 is 0. The van der Waals surface area contributed by atoms with E-state index in [-0.39, 0.29) is 0 Å². The molecule has 0 radical (unpaired) electrons. The Bertz CT molecular complexity index is 548. The molecule has 1 N–H and O–H groups in total. The van der Waals surface area contributed by atoms with Crippen LogP contribution in [0.2, 0.25) is 0 Å². The van der Waals surface area contributed by atoms with E-state index >= 15 is 0 Å². The number of benzene rings is 1. The predicted molar refractivity (Wildman–Crippen MR) is 74.9 cm³/mol. The second kappa shape index (κ2) is 5.55. The normalized spacial score (nSPS) is 14.4. The fraction of sp³-hybridized carbons (Fsp3) is 0.400. The van der Waals surface area contributed by atoms with Crippen LogP contribution in [0.4, 0.5) is 0 Å². The molecule has 0 saturated heterocycles. The lowest BCUT2D eigenvalue weighted by molar-refractivity contribution is 0.199. The second-order valence-electron chi connectivity index (χ2n) is 4.76. The first-order chi connectivity index (χ1) is 9.40. The number of nitrogens with zero attached hydrogens (tertiary/aromatic N) is 2. The average Bonchev–Trinajstić information content (AvgIpc) is 2.85. The molecule has 19 heavy (non-hydrogen) atoms. The van der Waals surface area contributed by atoms with Gasteiger partial charge in [-0.25, -0.2) is 4.98 Å². The van der Waals surface area contributed by atoms with Crippen LogP contribution >= 0.6 is 0 Å². The van der Waals surface area contributed by atoms with Gasteiger partial charge in [0.05, 0.1) is 18.0 Å². The summed E-state index contributed by atoms with van der Waals surface area (Å²) in [5.41, 5.74) is 3.60. The van der Waals surface area contributed by atoms with E-state index in [0.29, 0.717) is 0 Å². The Balaban J connectivity index is 2.02. The highest BCUT2D eigenvalue weighted by Crippen LogP contribution is 2.25. The molecular formula is C15H19N3O. The Morgan fingerprint density at radius 1 is 1.32 bits per heavy atom. The lowest BCUT2D eigenvalue weighted by atomic mass is 10.1. The van der Waals surface area contributed by atoms with Crippen molar-refractivity contribution in [1.29, 1.82) is 0 Å². The second-order valence-corrected chi connectivity index (χ2v) is 4.76. The maximum atomic E-state index is 5.18. The van der Waals surface area contributed by atoms with E-state index in [0.717, 1.165) is 44.2 Å². The van der Waals surface area contributed by atoms with Gasteiger partial charge in [0.1, 0.15) is 5.82 Å². The summed E-state index contributed by atoms with van der Waals surface area (Å²) < 4.78 is 7.53. The first-order valence-corrected chi connectivity index (χ1v) is 6.73. The molecule has 3 rings (SSSR count). The van der Waals surface area contributed by atoms with Gasteiger partial charge >= 0.3 is 0 Å². The third-order valence-corrected chi connectivity index (χ3v) is 3.53. The summed E-state index contributed by atoms with van der Waals surface area (Å²) in [4.78, 5) is 4.84. The fourth-order valence-corrected chi connectivity index (χ4v) is 2.59. The van der Waals surface area contributed by atoms with Crippen molar-refractivity contribution in [2.45, 2.75) is 19.5 Å². The van der Waals surface area contributed by atoms with Crippen LogP contribution in [0, 0.1) is 0 Å². The highest BCUT2D eigenvalue weighted by atomic mass is 16.5. The Morgan fingerprint density at radius 2 is 2.16 bits per heavy atom. The summed E-state index contributed by atoms with van der Waals surface area (Å²) in [6, 6.07) is 10.4. The van der Waals surface area contributed by atoms with Gasteiger partial charge in [-0.05, 0) is 0 Å². The number of nitrogens with one attached hydrogen (secondary N) is 1. The number of ether oxygens (including phenoxy) is 1. The quantitative estimate of drug-likeness (QED) is 0.908. The molecule has 100 valence electrons. The molecule has 2 heterocycles. The number of imidazole rings is 1. The number of hydrogen-bond donors (Lipinski definition) is 1. The smallest absolute Gasteiger partial charge is 0.112 e. The van der Waals surface area contributed by atoms with Gasteiger partial charge in [-0.1, -0.05) is 30.3 Å². The van der Waals surface area contributed by atoms with Gasteiger partial charge in [0, 0.05) is 38.7 Å². The Morgan fingerprint density at radius 3 is 2.95 bits per heavy atom. The average molecular weight is 257 g/mol. The molecule has 0 atom stereocenters. The van der Waals surface area contributed by atoms with Gasteiger partial charge in [-0.15, -0.1) is 0 Å². The monoisotopic (exact) mass is 257 g/mol.